The van der Waals surface area contributed by atoms with Crippen LogP contribution in [0.3, 0.4) is 0 Å². The normalized spacial score (nSPS) is 12.0. The van der Waals surface area contributed by atoms with Crippen molar-refractivity contribution in [2.75, 3.05) is 12.3 Å². The zero-order valence-electron chi connectivity index (χ0n) is 8.34. The Balaban J connectivity index is 2.53. The summed E-state index contributed by atoms with van der Waals surface area (Å²) in [5.74, 6) is 0.554. The standard InChI is InChI=1S/C7H15N5OS/c1-7(2,13)5-14-6-9-10-11-12(6)4-3-8/h13H,3-5,8H2,1-2H3. The number of rotatable bonds is 5. The predicted molar refractivity (Wildman–Crippen MR) is 53.9 cm³/mol. The van der Waals surface area contributed by atoms with Crippen LogP contribution in [0.1, 0.15) is 13.8 Å². The Hall–Kier alpha value is -0.660. The Bertz CT molecular complexity index is 282. The van der Waals surface area contributed by atoms with E-state index in [9.17, 15) is 5.11 Å². The minimum Gasteiger partial charge on any atom is -0.390 e. The summed E-state index contributed by atoms with van der Waals surface area (Å²) in [4.78, 5) is 0. The van der Waals surface area contributed by atoms with E-state index in [2.05, 4.69) is 15.5 Å². The second-order valence-electron chi connectivity index (χ2n) is 3.57. The molecule has 1 aromatic heterocycles. The molecule has 0 fully saturated rings. The third-order valence-electron chi connectivity index (χ3n) is 1.39. The molecule has 3 N–H and O–H groups in total. The molecule has 0 atom stereocenters. The van der Waals surface area contributed by atoms with E-state index in [-0.39, 0.29) is 0 Å². The van der Waals surface area contributed by atoms with Crippen LogP contribution in [0.4, 0.5) is 0 Å². The van der Waals surface area contributed by atoms with Gasteiger partial charge in [-0.15, -0.1) is 5.10 Å². The van der Waals surface area contributed by atoms with Crippen LogP contribution in [0.2, 0.25) is 0 Å². The van der Waals surface area contributed by atoms with Gasteiger partial charge in [0.15, 0.2) is 0 Å². The highest BCUT2D eigenvalue weighted by Crippen LogP contribution is 2.19. The zero-order valence-corrected chi connectivity index (χ0v) is 9.16. The van der Waals surface area contributed by atoms with Crippen LogP contribution in [-0.2, 0) is 6.54 Å². The van der Waals surface area contributed by atoms with Crippen molar-refractivity contribution in [3.8, 4) is 0 Å². The summed E-state index contributed by atoms with van der Waals surface area (Å²) in [6.07, 6.45) is 0. The molecule has 0 aliphatic heterocycles. The molecule has 0 aliphatic rings. The van der Waals surface area contributed by atoms with Crippen LogP contribution in [0.25, 0.3) is 0 Å². The Morgan fingerprint density at radius 1 is 1.57 bits per heavy atom. The molecule has 0 aliphatic carbocycles. The quantitative estimate of drug-likeness (QED) is 0.646. The van der Waals surface area contributed by atoms with E-state index in [4.69, 9.17) is 5.73 Å². The van der Waals surface area contributed by atoms with Crippen LogP contribution in [-0.4, -0.2) is 43.2 Å². The van der Waals surface area contributed by atoms with Gasteiger partial charge >= 0.3 is 0 Å². The van der Waals surface area contributed by atoms with Gasteiger partial charge in [-0.3, -0.25) is 0 Å². The minimum absolute atomic E-state index is 0.501. The third-order valence-corrected chi connectivity index (χ3v) is 2.80. The summed E-state index contributed by atoms with van der Waals surface area (Å²) in [5, 5.41) is 21.4. The monoisotopic (exact) mass is 217 g/mol. The van der Waals surface area contributed by atoms with Crippen molar-refractivity contribution >= 4 is 11.8 Å². The average Bonchev–Trinajstić information content (AvgIpc) is 2.48. The largest absolute Gasteiger partial charge is 0.390 e. The summed E-state index contributed by atoms with van der Waals surface area (Å²) < 4.78 is 1.64. The highest BCUT2D eigenvalue weighted by Gasteiger charge is 2.15. The lowest BCUT2D eigenvalue weighted by atomic mass is 10.2. The van der Waals surface area contributed by atoms with Gasteiger partial charge in [0.1, 0.15) is 0 Å². The van der Waals surface area contributed by atoms with Gasteiger partial charge < -0.3 is 10.8 Å². The number of hydrogen-bond donors (Lipinski definition) is 2. The Morgan fingerprint density at radius 2 is 2.29 bits per heavy atom. The van der Waals surface area contributed by atoms with Crippen molar-refractivity contribution in [2.45, 2.75) is 31.1 Å². The van der Waals surface area contributed by atoms with Crippen LogP contribution >= 0.6 is 11.8 Å². The van der Waals surface area contributed by atoms with Crippen molar-refractivity contribution in [3.05, 3.63) is 0 Å². The second-order valence-corrected chi connectivity index (χ2v) is 4.52. The lowest BCUT2D eigenvalue weighted by Gasteiger charge is -2.15. The first-order valence-electron chi connectivity index (χ1n) is 4.34. The molecule has 14 heavy (non-hydrogen) atoms. The number of aromatic nitrogens is 4. The van der Waals surface area contributed by atoms with Gasteiger partial charge in [-0.25, -0.2) is 4.68 Å². The number of nitrogens with zero attached hydrogens (tertiary/aromatic N) is 4. The highest BCUT2D eigenvalue weighted by atomic mass is 32.2. The van der Waals surface area contributed by atoms with Gasteiger partial charge in [0.2, 0.25) is 5.16 Å². The molecule has 1 heterocycles. The summed E-state index contributed by atoms with van der Waals surface area (Å²) in [5.41, 5.74) is 4.68. The summed E-state index contributed by atoms with van der Waals surface area (Å²) >= 11 is 1.42. The van der Waals surface area contributed by atoms with E-state index in [1.807, 2.05) is 0 Å². The molecule has 0 unspecified atom stereocenters. The van der Waals surface area contributed by atoms with Crippen LogP contribution in [0, 0.1) is 0 Å². The lowest BCUT2D eigenvalue weighted by molar-refractivity contribution is 0.107. The van der Waals surface area contributed by atoms with E-state index in [0.29, 0.717) is 24.0 Å². The van der Waals surface area contributed by atoms with Gasteiger partial charge in [0.05, 0.1) is 12.1 Å². The molecule has 0 aromatic carbocycles. The Kier molecular flexibility index (Phi) is 3.85. The molecule has 0 bridgehead atoms. The summed E-state index contributed by atoms with van der Waals surface area (Å²) in [6, 6.07) is 0. The summed E-state index contributed by atoms with van der Waals surface area (Å²) in [7, 11) is 0. The van der Waals surface area contributed by atoms with E-state index in [0.717, 1.165) is 0 Å². The van der Waals surface area contributed by atoms with Crippen molar-refractivity contribution < 1.29 is 5.11 Å². The number of thioether (sulfide) groups is 1. The molecular weight excluding hydrogens is 202 g/mol. The third kappa shape index (κ3) is 3.60. The van der Waals surface area contributed by atoms with E-state index >= 15 is 0 Å². The average molecular weight is 217 g/mol. The Morgan fingerprint density at radius 3 is 2.86 bits per heavy atom. The van der Waals surface area contributed by atoms with Crippen molar-refractivity contribution in [1.82, 2.24) is 20.2 Å². The summed E-state index contributed by atoms with van der Waals surface area (Å²) in [6.45, 7) is 4.59. The molecule has 1 aromatic rings. The number of aliphatic hydroxyl groups is 1. The zero-order chi connectivity index (χ0) is 10.6. The molecule has 0 amide bonds. The SMILES string of the molecule is CC(C)(O)CSc1nnnn1CCN. The van der Waals surface area contributed by atoms with Crippen molar-refractivity contribution in [2.24, 2.45) is 5.73 Å². The fraction of sp³-hybridized carbons (Fsp3) is 0.857. The van der Waals surface area contributed by atoms with Gasteiger partial charge in [0, 0.05) is 12.3 Å². The maximum absolute atomic E-state index is 9.51. The molecule has 6 nitrogen and oxygen atoms in total. The first-order valence-corrected chi connectivity index (χ1v) is 5.33. The molecule has 0 saturated carbocycles. The molecule has 80 valence electrons. The molecule has 1 rings (SSSR count). The van der Waals surface area contributed by atoms with E-state index in [1.165, 1.54) is 11.8 Å². The second kappa shape index (κ2) is 4.72. The first-order chi connectivity index (χ1) is 6.53. The lowest BCUT2D eigenvalue weighted by Crippen LogP contribution is -2.22. The van der Waals surface area contributed by atoms with Crippen molar-refractivity contribution in [3.63, 3.8) is 0 Å². The molecule has 0 saturated heterocycles. The van der Waals surface area contributed by atoms with Gasteiger partial charge in [0.25, 0.3) is 0 Å². The van der Waals surface area contributed by atoms with Gasteiger partial charge in [-0.05, 0) is 24.3 Å². The van der Waals surface area contributed by atoms with Gasteiger partial charge in [-0.2, -0.15) is 0 Å². The van der Waals surface area contributed by atoms with Crippen LogP contribution < -0.4 is 5.73 Å². The topological polar surface area (TPSA) is 89.9 Å². The maximum Gasteiger partial charge on any atom is 0.209 e. The highest BCUT2D eigenvalue weighted by molar-refractivity contribution is 7.99. The van der Waals surface area contributed by atoms with E-state index in [1.54, 1.807) is 18.5 Å². The van der Waals surface area contributed by atoms with Crippen LogP contribution in [0.15, 0.2) is 5.16 Å². The van der Waals surface area contributed by atoms with Crippen molar-refractivity contribution in [1.29, 1.82) is 0 Å². The first kappa shape index (κ1) is 11.4. The molecular formula is C7H15N5OS. The maximum atomic E-state index is 9.51. The number of hydrogen-bond acceptors (Lipinski definition) is 6. The minimum atomic E-state index is -0.718. The predicted octanol–water partition coefficient (Wildman–Crippen LogP) is -0.505. The number of nitrogens with two attached hydrogens (primary N) is 1. The molecule has 0 radical (unpaired) electrons. The molecule has 7 heteroatoms. The number of tetrazole rings is 1. The molecule has 0 spiro atoms. The smallest absolute Gasteiger partial charge is 0.209 e. The fourth-order valence-corrected chi connectivity index (χ4v) is 1.66. The fourth-order valence-electron chi connectivity index (χ4n) is 0.804. The van der Waals surface area contributed by atoms with Gasteiger partial charge in [-0.1, -0.05) is 11.8 Å². The Labute approximate surface area is 86.9 Å². The van der Waals surface area contributed by atoms with E-state index < -0.39 is 5.60 Å². The van der Waals surface area contributed by atoms with Crippen LogP contribution in [0.5, 0.6) is 0 Å².